The van der Waals surface area contributed by atoms with Gasteiger partial charge in [-0.05, 0) is 12.1 Å². The van der Waals surface area contributed by atoms with E-state index >= 15 is 0 Å². The molecule has 0 saturated carbocycles. The van der Waals surface area contributed by atoms with Crippen molar-refractivity contribution in [2.45, 2.75) is 6.42 Å². The molecule has 1 aromatic carbocycles. The minimum Gasteiger partial charge on any atom is -0.494 e. The molecule has 1 rings (SSSR count). The van der Waals surface area contributed by atoms with E-state index in [9.17, 15) is 12.9 Å². The maximum absolute atomic E-state index is 12.3. The fraction of sp³-hybridized carbons (Fsp3) is 0.400. The van der Waals surface area contributed by atoms with Gasteiger partial charge in [0.1, 0.15) is 5.75 Å². The van der Waals surface area contributed by atoms with Crippen LogP contribution in [0.15, 0.2) is 24.3 Å². The molecular formula is C10H13BF3KO2. The van der Waals surface area contributed by atoms with Crippen LogP contribution in [0.4, 0.5) is 12.9 Å². The molecule has 0 unspecified atom stereocenters. The van der Waals surface area contributed by atoms with Crippen molar-refractivity contribution in [3.63, 3.8) is 0 Å². The van der Waals surface area contributed by atoms with E-state index in [-0.39, 0.29) is 51.4 Å². The Kier molecular flexibility index (Phi) is 8.79. The van der Waals surface area contributed by atoms with Crippen LogP contribution in [0.2, 0.25) is 0 Å². The summed E-state index contributed by atoms with van der Waals surface area (Å²) in [5.74, 6) is 0.444. The van der Waals surface area contributed by atoms with Crippen LogP contribution in [0.3, 0.4) is 0 Å². The molecule has 0 radical (unpaired) electrons. The van der Waals surface area contributed by atoms with Crippen LogP contribution in [0.5, 0.6) is 5.75 Å². The van der Waals surface area contributed by atoms with Gasteiger partial charge in [0.05, 0.1) is 6.61 Å². The summed E-state index contributed by atoms with van der Waals surface area (Å²) in [6.07, 6.45) is 0.710. The summed E-state index contributed by atoms with van der Waals surface area (Å²) < 4.78 is 46.9. The number of hydrogen-bond donors (Lipinski definition) is 0. The molecule has 0 aromatic heterocycles. The standard InChI is InChI=1S/C10H13BF3O2.K/c1-15-7-2-8-16-10-5-3-9(4-6-10)11(12,13)14;/h3-6H,2,7-8H2,1H3;/q-1;+1. The Balaban J connectivity index is 0.00000256. The molecule has 1 aromatic rings. The molecule has 2 nitrogen and oxygen atoms in total. The SMILES string of the molecule is COCCCOc1ccc([B-](F)(F)F)cc1.[K+]. The number of methoxy groups -OCH3 is 1. The molecular weight excluding hydrogens is 259 g/mol. The Morgan fingerprint density at radius 1 is 1.06 bits per heavy atom. The third kappa shape index (κ3) is 6.83. The third-order valence-electron chi connectivity index (χ3n) is 2.02. The minimum atomic E-state index is -4.92. The van der Waals surface area contributed by atoms with E-state index in [1.54, 1.807) is 7.11 Å². The molecule has 0 spiro atoms. The Morgan fingerprint density at radius 3 is 2.12 bits per heavy atom. The average molecular weight is 272 g/mol. The number of hydrogen-bond acceptors (Lipinski definition) is 2. The van der Waals surface area contributed by atoms with Crippen LogP contribution in [0.25, 0.3) is 0 Å². The Labute approximate surface area is 141 Å². The predicted molar refractivity (Wildman–Crippen MR) is 57.1 cm³/mol. The summed E-state index contributed by atoms with van der Waals surface area (Å²) in [6, 6.07) is 4.73. The number of rotatable bonds is 6. The van der Waals surface area contributed by atoms with Gasteiger partial charge in [-0.2, -0.15) is 0 Å². The summed E-state index contributed by atoms with van der Waals surface area (Å²) in [4.78, 5) is 0. The molecule has 0 heterocycles. The van der Waals surface area contributed by atoms with Gasteiger partial charge in [0.15, 0.2) is 0 Å². The first-order chi connectivity index (χ1) is 7.54. The molecule has 0 atom stereocenters. The van der Waals surface area contributed by atoms with Crippen LogP contribution in [-0.4, -0.2) is 27.3 Å². The molecule has 0 fully saturated rings. The van der Waals surface area contributed by atoms with Crippen molar-refractivity contribution in [3.05, 3.63) is 24.3 Å². The van der Waals surface area contributed by atoms with Crippen molar-refractivity contribution in [1.29, 1.82) is 0 Å². The van der Waals surface area contributed by atoms with Crippen LogP contribution in [0.1, 0.15) is 6.42 Å². The molecule has 0 saturated heterocycles. The summed E-state index contributed by atoms with van der Waals surface area (Å²) in [7, 11) is 1.58. The molecule has 90 valence electrons. The molecule has 0 amide bonds. The van der Waals surface area contributed by atoms with Crippen molar-refractivity contribution in [3.8, 4) is 5.75 Å². The van der Waals surface area contributed by atoms with E-state index in [0.29, 0.717) is 25.4 Å². The topological polar surface area (TPSA) is 18.5 Å². The van der Waals surface area contributed by atoms with E-state index < -0.39 is 12.4 Å². The van der Waals surface area contributed by atoms with Gasteiger partial charge in [-0.15, -0.1) is 5.46 Å². The largest absolute Gasteiger partial charge is 1.00 e. The van der Waals surface area contributed by atoms with Gasteiger partial charge >= 0.3 is 58.4 Å². The molecule has 0 aliphatic rings. The van der Waals surface area contributed by atoms with Gasteiger partial charge in [0.2, 0.25) is 0 Å². The smallest absolute Gasteiger partial charge is 0.494 e. The van der Waals surface area contributed by atoms with Crippen LogP contribution in [0, 0.1) is 0 Å². The zero-order valence-corrected chi connectivity index (χ0v) is 13.1. The zero-order chi connectivity index (χ0) is 12.0. The molecule has 0 N–H and O–H groups in total. The van der Waals surface area contributed by atoms with Crippen molar-refractivity contribution in [2.75, 3.05) is 20.3 Å². The van der Waals surface area contributed by atoms with Gasteiger partial charge in [-0.1, -0.05) is 12.1 Å². The number of ether oxygens (including phenoxy) is 2. The normalized spacial score (nSPS) is 10.8. The van der Waals surface area contributed by atoms with Crippen LogP contribution >= 0.6 is 0 Å². The maximum atomic E-state index is 12.3. The van der Waals surface area contributed by atoms with E-state index in [4.69, 9.17) is 9.47 Å². The predicted octanol–water partition coefficient (Wildman–Crippen LogP) is -0.840. The summed E-state index contributed by atoms with van der Waals surface area (Å²) >= 11 is 0. The van der Waals surface area contributed by atoms with E-state index in [0.717, 1.165) is 12.1 Å². The fourth-order valence-electron chi connectivity index (χ4n) is 1.18. The van der Waals surface area contributed by atoms with E-state index in [1.165, 1.54) is 12.1 Å². The van der Waals surface area contributed by atoms with Crippen molar-refractivity contribution in [2.24, 2.45) is 0 Å². The van der Waals surface area contributed by atoms with Crippen LogP contribution < -0.4 is 61.6 Å². The van der Waals surface area contributed by atoms with E-state index in [1.807, 2.05) is 0 Å². The van der Waals surface area contributed by atoms with Gasteiger partial charge in [-0.3, -0.25) is 0 Å². The first kappa shape index (κ1) is 17.5. The Bertz CT molecular complexity index is 316. The Morgan fingerprint density at radius 2 is 1.65 bits per heavy atom. The van der Waals surface area contributed by atoms with Crippen LogP contribution in [-0.2, 0) is 4.74 Å². The monoisotopic (exact) mass is 272 g/mol. The third-order valence-corrected chi connectivity index (χ3v) is 2.02. The van der Waals surface area contributed by atoms with Gasteiger partial charge in [0, 0.05) is 20.1 Å². The maximum Gasteiger partial charge on any atom is 1.00 e. The molecule has 0 aliphatic heterocycles. The second kappa shape index (κ2) is 8.55. The number of benzene rings is 1. The fourth-order valence-corrected chi connectivity index (χ4v) is 1.18. The Hall–Kier alpha value is 0.471. The van der Waals surface area contributed by atoms with Crippen molar-refractivity contribution >= 4 is 12.4 Å². The first-order valence-corrected chi connectivity index (χ1v) is 4.95. The molecule has 0 aliphatic carbocycles. The van der Waals surface area contributed by atoms with E-state index in [2.05, 4.69) is 0 Å². The summed E-state index contributed by atoms with van der Waals surface area (Å²) in [6.45, 7) is -3.91. The van der Waals surface area contributed by atoms with Crippen molar-refractivity contribution < 1.29 is 73.8 Å². The van der Waals surface area contributed by atoms with Crippen molar-refractivity contribution in [1.82, 2.24) is 0 Å². The molecule has 0 bridgehead atoms. The van der Waals surface area contributed by atoms with Gasteiger partial charge in [-0.25, -0.2) is 0 Å². The summed E-state index contributed by atoms with van der Waals surface area (Å²) in [5, 5.41) is 0. The first-order valence-electron chi connectivity index (χ1n) is 4.95. The molecule has 17 heavy (non-hydrogen) atoms. The quantitative estimate of drug-likeness (QED) is 0.496. The summed E-state index contributed by atoms with van der Waals surface area (Å²) in [5.41, 5.74) is -0.607. The van der Waals surface area contributed by atoms with Gasteiger partial charge < -0.3 is 22.4 Å². The zero-order valence-electron chi connectivity index (χ0n) is 9.96. The molecule has 7 heteroatoms. The van der Waals surface area contributed by atoms with Gasteiger partial charge in [0.25, 0.3) is 0 Å². The second-order valence-corrected chi connectivity index (χ2v) is 3.34. The minimum absolute atomic E-state index is 0. The number of halogens is 3. The average Bonchev–Trinajstić information content (AvgIpc) is 2.24. The second-order valence-electron chi connectivity index (χ2n) is 3.34.